The van der Waals surface area contributed by atoms with Crippen molar-refractivity contribution in [2.75, 3.05) is 10.6 Å². The lowest BCUT2D eigenvalue weighted by atomic mass is 10.2. The fourth-order valence-corrected chi connectivity index (χ4v) is 1.74. The molecule has 0 radical (unpaired) electrons. The van der Waals surface area contributed by atoms with Crippen LogP contribution in [0.25, 0.3) is 0 Å². The Bertz CT molecular complexity index is 525. The number of aromatic nitrogens is 3. The van der Waals surface area contributed by atoms with Crippen molar-refractivity contribution in [2.24, 2.45) is 0 Å². The highest BCUT2D eigenvalue weighted by Gasteiger charge is 2.03. The Morgan fingerprint density at radius 3 is 2.88 bits per heavy atom. The fourth-order valence-electron chi connectivity index (χ4n) is 1.30. The largest absolute Gasteiger partial charge is 0.332 e. The Morgan fingerprint density at radius 2 is 2.24 bits per heavy atom. The van der Waals surface area contributed by atoms with Gasteiger partial charge in [-0.3, -0.25) is 0 Å². The number of benzene rings is 1. The van der Waals surface area contributed by atoms with Crippen LogP contribution in [0.15, 0.2) is 24.4 Å². The van der Waals surface area contributed by atoms with Crippen molar-refractivity contribution in [1.29, 1.82) is 0 Å². The van der Waals surface area contributed by atoms with Gasteiger partial charge in [-0.1, -0.05) is 11.6 Å². The molecule has 0 saturated carbocycles. The van der Waals surface area contributed by atoms with Gasteiger partial charge in [-0.25, -0.2) is 0 Å². The van der Waals surface area contributed by atoms with E-state index in [0.29, 0.717) is 16.0 Å². The number of nitrogens with one attached hydrogen (secondary N) is 3. The van der Waals surface area contributed by atoms with Crippen molar-refractivity contribution < 1.29 is 0 Å². The maximum absolute atomic E-state index is 5.87. The van der Waals surface area contributed by atoms with E-state index in [1.165, 1.54) is 0 Å². The first kappa shape index (κ1) is 11.8. The van der Waals surface area contributed by atoms with Crippen molar-refractivity contribution >= 4 is 40.4 Å². The standard InChI is InChI=1S/C10H10ClN5S/c1-6-4-7(11)2-3-8(6)13-10(17)14-9-5-12-16-15-9/h2-5H,1H3,(H3,12,13,14,15,16,17). The Kier molecular flexibility index (Phi) is 3.55. The van der Waals surface area contributed by atoms with Crippen molar-refractivity contribution in [2.45, 2.75) is 6.92 Å². The SMILES string of the molecule is Cc1cc(Cl)ccc1NC(=S)Nc1cn[nH]n1. The normalized spacial score (nSPS) is 10.0. The first-order chi connectivity index (χ1) is 8.15. The summed E-state index contributed by atoms with van der Waals surface area (Å²) in [6, 6.07) is 5.53. The highest BCUT2D eigenvalue weighted by atomic mass is 35.5. The van der Waals surface area contributed by atoms with Gasteiger partial charge in [0.25, 0.3) is 0 Å². The lowest BCUT2D eigenvalue weighted by Gasteiger charge is -2.10. The maximum atomic E-state index is 5.87. The Balaban J connectivity index is 2.03. The van der Waals surface area contributed by atoms with Gasteiger partial charge in [0.2, 0.25) is 0 Å². The van der Waals surface area contributed by atoms with Crippen molar-refractivity contribution in [3.8, 4) is 0 Å². The summed E-state index contributed by atoms with van der Waals surface area (Å²) in [5.41, 5.74) is 1.91. The molecule has 0 aliphatic rings. The average molecular weight is 268 g/mol. The molecule has 2 rings (SSSR count). The first-order valence-electron chi connectivity index (χ1n) is 4.85. The Labute approximate surface area is 109 Å². The van der Waals surface area contributed by atoms with E-state index in [0.717, 1.165) is 11.3 Å². The molecule has 88 valence electrons. The molecule has 0 bridgehead atoms. The molecule has 0 aliphatic carbocycles. The first-order valence-corrected chi connectivity index (χ1v) is 5.64. The number of halogens is 1. The monoisotopic (exact) mass is 267 g/mol. The molecule has 7 heteroatoms. The molecule has 5 nitrogen and oxygen atoms in total. The summed E-state index contributed by atoms with van der Waals surface area (Å²) in [4.78, 5) is 0. The van der Waals surface area contributed by atoms with E-state index in [4.69, 9.17) is 23.8 Å². The third-order valence-corrected chi connectivity index (χ3v) is 2.53. The number of anilines is 2. The van der Waals surface area contributed by atoms with Crippen LogP contribution in [0, 0.1) is 6.92 Å². The van der Waals surface area contributed by atoms with Crippen LogP contribution >= 0.6 is 23.8 Å². The number of hydrogen-bond acceptors (Lipinski definition) is 3. The third kappa shape index (κ3) is 3.15. The molecule has 1 aromatic carbocycles. The van der Waals surface area contributed by atoms with Gasteiger partial charge >= 0.3 is 0 Å². The van der Waals surface area contributed by atoms with Crippen LogP contribution in [-0.4, -0.2) is 20.5 Å². The molecule has 0 atom stereocenters. The summed E-state index contributed by atoms with van der Waals surface area (Å²) >= 11 is 11.0. The second-order valence-corrected chi connectivity index (χ2v) is 4.24. The van der Waals surface area contributed by atoms with E-state index < -0.39 is 0 Å². The topological polar surface area (TPSA) is 65.6 Å². The molecular weight excluding hydrogens is 258 g/mol. The highest BCUT2D eigenvalue weighted by molar-refractivity contribution is 7.80. The number of thiocarbonyl (C=S) groups is 1. The van der Waals surface area contributed by atoms with Crippen molar-refractivity contribution in [1.82, 2.24) is 15.4 Å². The molecule has 1 aromatic heterocycles. The van der Waals surface area contributed by atoms with E-state index in [1.54, 1.807) is 12.3 Å². The predicted octanol–water partition coefficient (Wildman–Crippen LogP) is 2.58. The molecule has 17 heavy (non-hydrogen) atoms. The molecule has 2 aromatic rings. The summed E-state index contributed by atoms with van der Waals surface area (Å²) in [7, 11) is 0. The van der Waals surface area contributed by atoms with Crippen molar-refractivity contribution in [3.05, 3.63) is 35.0 Å². The van der Waals surface area contributed by atoms with E-state index >= 15 is 0 Å². The summed E-state index contributed by atoms with van der Waals surface area (Å²) in [6.07, 6.45) is 1.54. The van der Waals surface area contributed by atoms with E-state index in [-0.39, 0.29) is 0 Å². The van der Waals surface area contributed by atoms with E-state index in [1.807, 2.05) is 19.1 Å². The van der Waals surface area contributed by atoms with E-state index in [9.17, 15) is 0 Å². The summed E-state index contributed by atoms with van der Waals surface area (Å²) in [5, 5.41) is 17.1. The fraction of sp³-hybridized carbons (Fsp3) is 0.100. The minimum Gasteiger partial charge on any atom is -0.332 e. The zero-order valence-electron chi connectivity index (χ0n) is 8.99. The minimum atomic E-state index is 0.448. The Morgan fingerprint density at radius 1 is 1.41 bits per heavy atom. The second kappa shape index (κ2) is 5.11. The molecule has 0 unspecified atom stereocenters. The van der Waals surface area contributed by atoms with Gasteiger partial charge in [0.1, 0.15) is 0 Å². The molecule has 0 amide bonds. The van der Waals surface area contributed by atoms with Gasteiger partial charge < -0.3 is 10.6 Å². The number of H-pyrrole nitrogens is 1. The van der Waals surface area contributed by atoms with Crippen LogP contribution in [0.4, 0.5) is 11.5 Å². The summed E-state index contributed by atoms with van der Waals surface area (Å²) in [6.45, 7) is 1.95. The lowest BCUT2D eigenvalue weighted by molar-refractivity contribution is 0.942. The van der Waals surface area contributed by atoms with Gasteiger partial charge in [0, 0.05) is 10.7 Å². The molecule has 1 heterocycles. The predicted molar refractivity (Wildman–Crippen MR) is 72.4 cm³/mol. The molecule has 0 spiro atoms. The van der Waals surface area contributed by atoms with Crippen LogP contribution < -0.4 is 10.6 Å². The average Bonchev–Trinajstić information content (AvgIpc) is 2.75. The van der Waals surface area contributed by atoms with Crippen LogP contribution in [0.2, 0.25) is 5.02 Å². The van der Waals surface area contributed by atoms with Crippen LogP contribution in [0.3, 0.4) is 0 Å². The minimum absolute atomic E-state index is 0.448. The van der Waals surface area contributed by atoms with Gasteiger partial charge in [-0.2, -0.15) is 10.3 Å². The molecule has 0 fully saturated rings. The summed E-state index contributed by atoms with van der Waals surface area (Å²) < 4.78 is 0. The molecular formula is C10H10ClN5S. The van der Waals surface area contributed by atoms with Gasteiger partial charge in [-0.05, 0) is 42.9 Å². The van der Waals surface area contributed by atoms with E-state index in [2.05, 4.69) is 26.0 Å². The smallest absolute Gasteiger partial charge is 0.176 e. The zero-order valence-corrected chi connectivity index (χ0v) is 10.6. The van der Waals surface area contributed by atoms with Gasteiger partial charge in [-0.15, -0.1) is 5.10 Å². The van der Waals surface area contributed by atoms with Crippen molar-refractivity contribution in [3.63, 3.8) is 0 Å². The highest BCUT2D eigenvalue weighted by Crippen LogP contribution is 2.19. The molecule has 3 N–H and O–H groups in total. The van der Waals surface area contributed by atoms with Crippen LogP contribution in [-0.2, 0) is 0 Å². The Hall–Kier alpha value is -1.66. The van der Waals surface area contributed by atoms with Crippen LogP contribution in [0.5, 0.6) is 0 Å². The summed E-state index contributed by atoms with van der Waals surface area (Å²) in [5.74, 6) is 0.564. The number of aryl methyl sites for hydroxylation is 1. The van der Waals surface area contributed by atoms with Gasteiger partial charge in [0.05, 0.1) is 6.20 Å². The quantitative estimate of drug-likeness (QED) is 0.730. The lowest BCUT2D eigenvalue weighted by Crippen LogP contribution is -2.19. The number of aromatic amines is 1. The third-order valence-electron chi connectivity index (χ3n) is 2.09. The number of hydrogen-bond donors (Lipinski definition) is 3. The molecule has 0 aliphatic heterocycles. The second-order valence-electron chi connectivity index (χ2n) is 3.39. The van der Waals surface area contributed by atoms with Gasteiger partial charge in [0.15, 0.2) is 10.9 Å². The maximum Gasteiger partial charge on any atom is 0.176 e. The van der Waals surface area contributed by atoms with Crippen LogP contribution in [0.1, 0.15) is 5.56 Å². The number of nitrogens with zero attached hydrogens (tertiary/aromatic N) is 2. The molecule has 0 saturated heterocycles. The number of rotatable bonds is 2. The zero-order chi connectivity index (χ0) is 12.3.